The van der Waals surface area contributed by atoms with E-state index in [4.69, 9.17) is 33.7 Å². The van der Waals surface area contributed by atoms with Crippen molar-refractivity contribution in [1.82, 2.24) is 19.2 Å². The minimum atomic E-state index is 0.326. The van der Waals surface area contributed by atoms with Crippen LogP contribution in [0.25, 0.3) is 0 Å². The van der Waals surface area contributed by atoms with Crippen molar-refractivity contribution < 1.29 is 4.74 Å². The van der Waals surface area contributed by atoms with Crippen LogP contribution in [0.1, 0.15) is 42.3 Å². The molecule has 0 bridgehead atoms. The Morgan fingerprint density at radius 3 is 2.70 bits per heavy atom. The van der Waals surface area contributed by atoms with E-state index in [2.05, 4.69) is 29.2 Å². The Morgan fingerprint density at radius 2 is 1.90 bits per heavy atom. The highest BCUT2D eigenvalue weighted by Crippen LogP contribution is 2.42. The highest BCUT2D eigenvalue weighted by atomic mass is 35.5. The van der Waals surface area contributed by atoms with Crippen LogP contribution >= 0.6 is 23.8 Å². The first kappa shape index (κ1) is 19.8. The lowest BCUT2D eigenvalue weighted by Crippen LogP contribution is -2.32. The molecule has 1 fully saturated rings. The van der Waals surface area contributed by atoms with Crippen molar-refractivity contribution >= 4 is 23.8 Å². The number of aryl methyl sites for hydroxylation is 1. The molecule has 5 nitrogen and oxygen atoms in total. The van der Waals surface area contributed by atoms with Gasteiger partial charge in [0, 0.05) is 19.1 Å². The second-order valence-corrected chi connectivity index (χ2v) is 8.89. The molecule has 0 spiro atoms. The van der Waals surface area contributed by atoms with Crippen LogP contribution in [0.3, 0.4) is 0 Å². The number of ether oxygens (including phenoxy) is 1. The van der Waals surface area contributed by atoms with E-state index in [1.165, 1.54) is 30.4 Å². The van der Waals surface area contributed by atoms with E-state index in [0.29, 0.717) is 40.9 Å². The standard InChI is InChI=1S/C23H25ClN4OS/c1-26-22(14-29-21-9-5-4-8-19(21)24)25-28(23(26)30)15-27(17-11-12-17)20-13-10-16-6-2-3-7-18(16)20/h2-9,17,20H,10-15H2,1H3/t20-/m0/s1. The van der Waals surface area contributed by atoms with Crippen LogP contribution in [0.5, 0.6) is 5.75 Å². The number of para-hydroxylation sites is 1. The van der Waals surface area contributed by atoms with Crippen LogP contribution < -0.4 is 4.74 Å². The Kier molecular flexibility index (Phi) is 5.39. The summed E-state index contributed by atoms with van der Waals surface area (Å²) in [7, 11) is 1.95. The molecule has 0 radical (unpaired) electrons. The molecule has 5 rings (SSSR count). The first-order valence-corrected chi connectivity index (χ1v) is 11.2. The summed E-state index contributed by atoms with van der Waals surface area (Å²) in [6.45, 7) is 1.04. The highest BCUT2D eigenvalue weighted by molar-refractivity contribution is 7.71. The Morgan fingerprint density at radius 1 is 1.13 bits per heavy atom. The lowest BCUT2D eigenvalue weighted by Gasteiger charge is -2.29. The van der Waals surface area contributed by atoms with Gasteiger partial charge in [0.25, 0.3) is 0 Å². The maximum atomic E-state index is 6.21. The summed E-state index contributed by atoms with van der Waals surface area (Å²) < 4.78 is 10.5. The van der Waals surface area contributed by atoms with Gasteiger partial charge in [0.05, 0.1) is 11.7 Å². The maximum absolute atomic E-state index is 6.21. The lowest BCUT2D eigenvalue weighted by molar-refractivity contribution is 0.131. The molecule has 1 aromatic heterocycles. The third kappa shape index (κ3) is 3.80. The molecular weight excluding hydrogens is 416 g/mol. The van der Waals surface area contributed by atoms with E-state index in [1.54, 1.807) is 0 Å². The molecule has 0 amide bonds. The van der Waals surface area contributed by atoms with Gasteiger partial charge in [0.1, 0.15) is 12.4 Å². The number of fused-ring (bicyclic) bond motifs is 1. The fourth-order valence-corrected chi connectivity index (χ4v) is 4.76. The monoisotopic (exact) mass is 440 g/mol. The van der Waals surface area contributed by atoms with E-state index >= 15 is 0 Å². The average Bonchev–Trinajstić information content (AvgIpc) is 3.46. The summed E-state index contributed by atoms with van der Waals surface area (Å²) in [5.41, 5.74) is 2.95. The predicted octanol–water partition coefficient (Wildman–Crippen LogP) is 5.29. The van der Waals surface area contributed by atoms with Crippen molar-refractivity contribution in [2.75, 3.05) is 0 Å². The van der Waals surface area contributed by atoms with Gasteiger partial charge in [-0.15, -0.1) is 0 Å². The zero-order valence-electron chi connectivity index (χ0n) is 17.0. The molecule has 1 saturated carbocycles. The summed E-state index contributed by atoms with van der Waals surface area (Å²) in [5, 5.41) is 5.39. The van der Waals surface area contributed by atoms with Gasteiger partial charge < -0.3 is 9.30 Å². The summed E-state index contributed by atoms with van der Waals surface area (Å²) in [5.74, 6) is 1.45. The highest BCUT2D eigenvalue weighted by Gasteiger charge is 2.37. The number of aromatic nitrogens is 3. The fourth-order valence-electron chi connectivity index (χ4n) is 4.36. The molecule has 0 aliphatic heterocycles. The van der Waals surface area contributed by atoms with Crippen molar-refractivity contribution in [3.63, 3.8) is 0 Å². The molecule has 2 aromatic carbocycles. The minimum absolute atomic E-state index is 0.326. The third-order valence-corrected chi connectivity index (χ3v) is 6.94. The maximum Gasteiger partial charge on any atom is 0.198 e. The molecule has 1 atom stereocenters. The molecule has 3 aromatic rings. The number of hydrogen-bond acceptors (Lipinski definition) is 4. The van der Waals surface area contributed by atoms with Gasteiger partial charge in [-0.05, 0) is 61.2 Å². The summed E-state index contributed by atoms with van der Waals surface area (Å²) in [6.07, 6.45) is 4.82. The van der Waals surface area contributed by atoms with Gasteiger partial charge in [0.2, 0.25) is 0 Å². The molecule has 0 saturated heterocycles. The molecular formula is C23H25ClN4OS. The van der Waals surface area contributed by atoms with Gasteiger partial charge >= 0.3 is 0 Å². The lowest BCUT2D eigenvalue weighted by atomic mass is 10.1. The largest absolute Gasteiger partial charge is 0.484 e. The van der Waals surface area contributed by atoms with Gasteiger partial charge in [-0.3, -0.25) is 4.90 Å². The summed E-state index contributed by atoms with van der Waals surface area (Å²) in [4.78, 5) is 2.59. The Bertz CT molecular complexity index is 1120. The van der Waals surface area contributed by atoms with Crippen LogP contribution in [-0.4, -0.2) is 25.3 Å². The third-order valence-electron chi connectivity index (χ3n) is 6.14. The SMILES string of the molecule is Cn1c(COc2ccccc2Cl)nn(CN(C2CC2)[C@H]2CCc3ccccc32)c1=S. The number of hydrogen-bond donors (Lipinski definition) is 0. The van der Waals surface area contributed by atoms with E-state index in [1.807, 2.05) is 40.6 Å². The zero-order valence-corrected chi connectivity index (χ0v) is 18.6. The van der Waals surface area contributed by atoms with Crippen molar-refractivity contribution in [3.05, 3.63) is 75.3 Å². The zero-order chi connectivity index (χ0) is 20.7. The number of benzene rings is 2. The van der Waals surface area contributed by atoms with Crippen molar-refractivity contribution in [2.45, 2.75) is 51.0 Å². The number of halogens is 1. The molecule has 2 aliphatic rings. The normalized spacial score (nSPS) is 18.0. The first-order chi connectivity index (χ1) is 14.6. The van der Waals surface area contributed by atoms with Gasteiger partial charge in [-0.2, -0.15) is 5.10 Å². The summed E-state index contributed by atoms with van der Waals surface area (Å²) in [6, 6.07) is 17.4. The van der Waals surface area contributed by atoms with Crippen LogP contribution in [0.15, 0.2) is 48.5 Å². The van der Waals surface area contributed by atoms with E-state index < -0.39 is 0 Å². The second kappa shape index (κ2) is 8.17. The first-order valence-electron chi connectivity index (χ1n) is 10.5. The van der Waals surface area contributed by atoms with E-state index in [9.17, 15) is 0 Å². The van der Waals surface area contributed by atoms with Crippen molar-refractivity contribution in [3.8, 4) is 5.75 Å². The van der Waals surface area contributed by atoms with Gasteiger partial charge in [0.15, 0.2) is 10.6 Å². The van der Waals surface area contributed by atoms with Crippen molar-refractivity contribution in [1.29, 1.82) is 0 Å². The quantitative estimate of drug-likeness (QED) is 0.467. The van der Waals surface area contributed by atoms with Crippen LogP contribution in [0.2, 0.25) is 5.02 Å². The van der Waals surface area contributed by atoms with Crippen molar-refractivity contribution in [2.24, 2.45) is 7.05 Å². The molecule has 1 heterocycles. The second-order valence-electron chi connectivity index (χ2n) is 8.12. The Balaban J connectivity index is 1.36. The minimum Gasteiger partial charge on any atom is -0.484 e. The Labute approximate surface area is 186 Å². The topological polar surface area (TPSA) is 35.2 Å². The molecule has 2 aliphatic carbocycles. The molecule has 0 unspecified atom stereocenters. The summed E-state index contributed by atoms with van der Waals surface area (Å²) >= 11 is 11.9. The fraction of sp³-hybridized carbons (Fsp3) is 0.391. The number of nitrogens with zero attached hydrogens (tertiary/aromatic N) is 4. The van der Waals surface area contributed by atoms with E-state index in [-0.39, 0.29) is 0 Å². The van der Waals surface area contributed by atoms with Gasteiger partial charge in [-0.25, -0.2) is 4.68 Å². The molecule has 7 heteroatoms. The molecule has 156 valence electrons. The molecule has 30 heavy (non-hydrogen) atoms. The van der Waals surface area contributed by atoms with Crippen LogP contribution in [0.4, 0.5) is 0 Å². The smallest absolute Gasteiger partial charge is 0.198 e. The average molecular weight is 441 g/mol. The van der Waals surface area contributed by atoms with Crippen LogP contribution in [-0.2, 0) is 26.7 Å². The molecule has 0 N–H and O–H groups in total. The van der Waals surface area contributed by atoms with Crippen LogP contribution in [0, 0.1) is 4.77 Å². The predicted molar refractivity (Wildman–Crippen MR) is 120 cm³/mol. The Hall–Kier alpha value is -2.15. The van der Waals surface area contributed by atoms with Gasteiger partial charge in [-0.1, -0.05) is 48.0 Å². The van der Waals surface area contributed by atoms with E-state index in [0.717, 1.165) is 12.2 Å². The number of rotatable bonds is 7.